The third-order valence-electron chi connectivity index (χ3n) is 3.74. The summed E-state index contributed by atoms with van der Waals surface area (Å²) in [7, 11) is 0. The molecular formula is C14H21N3O. The Morgan fingerprint density at radius 2 is 2.33 bits per heavy atom. The average Bonchev–Trinajstić information content (AvgIpc) is 2.63. The van der Waals surface area contributed by atoms with Crippen molar-refractivity contribution in [1.29, 1.82) is 0 Å². The zero-order valence-electron chi connectivity index (χ0n) is 10.9. The fourth-order valence-corrected chi connectivity index (χ4v) is 2.54. The highest BCUT2D eigenvalue weighted by Crippen LogP contribution is 2.21. The van der Waals surface area contributed by atoms with Crippen LogP contribution in [0.4, 0.5) is 5.82 Å². The monoisotopic (exact) mass is 247 g/mol. The first-order chi connectivity index (χ1) is 8.70. The second-order valence-corrected chi connectivity index (χ2v) is 4.97. The molecule has 1 unspecified atom stereocenters. The lowest BCUT2D eigenvalue weighted by molar-refractivity contribution is 0.0760. The van der Waals surface area contributed by atoms with E-state index >= 15 is 0 Å². The van der Waals surface area contributed by atoms with E-state index in [1.807, 2.05) is 4.90 Å². The van der Waals surface area contributed by atoms with E-state index in [2.05, 4.69) is 11.9 Å². The van der Waals surface area contributed by atoms with Crippen molar-refractivity contribution in [2.24, 2.45) is 5.92 Å². The number of carbonyl (C=O) groups excluding carboxylic acids is 1. The van der Waals surface area contributed by atoms with Crippen molar-refractivity contribution in [2.45, 2.75) is 32.6 Å². The van der Waals surface area contributed by atoms with Gasteiger partial charge in [-0.2, -0.15) is 0 Å². The molecule has 1 aliphatic heterocycles. The zero-order chi connectivity index (χ0) is 13.0. The predicted molar refractivity (Wildman–Crippen MR) is 72.2 cm³/mol. The molecule has 1 amide bonds. The van der Waals surface area contributed by atoms with Gasteiger partial charge in [-0.3, -0.25) is 4.79 Å². The molecule has 0 aromatic carbocycles. The van der Waals surface area contributed by atoms with E-state index in [0.29, 0.717) is 11.4 Å². The molecule has 1 aromatic rings. The molecule has 2 rings (SSSR count). The van der Waals surface area contributed by atoms with Crippen molar-refractivity contribution < 1.29 is 4.79 Å². The molecule has 0 spiro atoms. The van der Waals surface area contributed by atoms with Gasteiger partial charge >= 0.3 is 0 Å². The summed E-state index contributed by atoms with van der Waals surface area (Å²) in [4.78, 5) is 18.2. The summed E-state index contributed by atoms with van der Waals surface area (Å²) in [6.45, 7) is 3.95. The molecule has 1 aliphatic rings. The summed E-state index contributed by atoms with van der Waals surface area (Å²) in [5, 5.41) is 0. The summed E-state index contributed by atoms with van der Waals surface area (Å²) >= 11 is 0. The molecule has 98 valence electrons. The van der Waals surface area contributed by atoms with Crippen molar-refractivity contribution in [3.63, 3.8) is 0 Å². The Balaban J connectivity index is 2.05. The molecule has 0 aliphatic carbocycles. The van der Waals surface area contributed by atoms with Crippen molar-refractivity contribution in [3.05, 3.63) is 23.9 Å². The standard InChI is InChI=1S/C14H21N3O/c1-2-11-4-3-8-17(9-6-11)14(18)12-5-7-16-13(15)10-12/h5,7,10-11H,2-4,6,8-9H2,1H3,(H2,15,16). The minimum atomic E-state index is 0.0841. The van der Waals surface area contributed by atoms with Crippen LogP contribution in [0.1, 0.15) is 43.0 Å². The number of rotatable bonds is 2. The minimum Gasteiger partial charge on any atom is -0.384 e. The van der Waals surface area contributed by atoms with E-state index in [4.69, 9.17) is 5.73 Å². The van der Waals surface area contributed by atoms with Gasteiger partial charge in [-0.1, -0.05) is 13.3 Å². The summed E-state index contributed by atoms with van der Waals surface area (Å²) in [6, 6.07) is 3.39. The van der Waals surface area contributed by atoms with E-state index < -0.39 is 0 Å². The van der Waals surface area contributed by atoms with Gasteiger partial charge in [-0.05, 0) is 37.3 Å². The Morgan fingerprint density at radius 1 is 1.50 bits per heavy atom. The number of nitrogens with two attached hydrogens (primary N) is 1. The largest absolute Gasteiger partial charge is 0.384 e. The number of pyridine rings is 1. The smallest absolute Gasteiger partial charge is 0.254 e. The third-order valence-corrected chi connectivity index (χ3v) is 3.74. The van der Waals surface area contributed by atoms with Crippen LogP contribution < -0.4 is 5.73 Å². The van der Waals surface area contributed by atoms with E-state index in [1.54, 1.807) is 18.3 Å². The van der Waals surface area contributed by atoms with Gasteiger partial charge in [0.1, 0.15) is 5.82 Å². The highest BCUT2D eigenvalue weighted by Gasteiger charge is 2.20. The van der Waals surface area contributed by atoms with Gasteiger partial charge in [-0.25, -0.2) is 4.98 Å². The number of hydrogen-bond donors (Lipinski definition) is 1. The number of nitrogen functional groups attached to an aromatic ring is 1. The Labute approximate surface area is 108 Å². The molecule has 1 aromatic heterocycles. The highest BCUT2D eigenvalue weighted by molar-refractivity contribution is 5.94. The normalized spacial score (nSPS) is 20.5. The van der Waals surface area contributed by atoms with Crippen LogP contribution in [0, 0.1) is 5.92 Å². The number of hydrogen-bond acceptors (Lipinski definition) is 3. The van der Waals surface area contributed by atoms with E-state index in [0.717, 1.165) is 31.8 Å². The molecule has 18 heavy (non-hydrogen) atoms. The molecule has 0 bridgehead atoms. The molecular weight excluding hydrogens is 226 g/mol. The van der Waals surface area contributed by atoms with Gasteiger partial charge in [0.15, 0.2) is 0 Å². The summed E-state index contributed by atoms with van der Waals surface area (Å²) < 4.78 is 0. The maximum Gasteiger partial charge on any atom is 0.254 e. The molecule has 4 heteroatoms. The number of amides is 1. The molecule has 4 nitrogen and oxygen atoms in total. The van der Waals surface area contributed by atoms with Crippen LogP contribution in [0.2, 0.25) is 0 Å². The lowest BCUT2D eigenvalue weighted by atomic mass is 9.98. The van der Waals surface area contributed by atoms with Crippen LogP contribution in [0.25, 0.3) is 0 Å². The predicted octanol–water partition coefficient (Wildman–Crippen LogP) is 2.32. The van der Waals surface area contributed by atoms with Crippen molar-refractivity contribution in [2.75, 3.05) is 18.8 Å². The Hall–Kier alpha value is -1.58. The molecule has 2 heterocycles. The van der Waals surface area contributed by atoms with Crippen LogP contribution in [0.15, 0.2) is 18.3 Å². The van der Waals surface area contributed by atoms with Gasteiger partial charge in [0, 0.05) is 24.8 Å². The second kappa shape index (κ2) is 5.85. The summed E-state index contributed by atoms with van der Waals surface area (Å²) in [5.41, 5.74) is 6.27. The average molecular weight is 247 g/mol. The van der Waals surface area contributed by atoms with Gasteiger partial charge in [-0.15, -0.1) is 0 Å². The Morgan fingerprint density at radius 3 is 3.06 bits per heavy atom. The zero-order valence-corrected chi connectivity index (χ0v) is 10.9. The SMILES string of the molecule is CCC1CCCN(C(=O)c2ccnc(N)c2)CC1. The molecule has 2 N–H and O–H groups in total. The number of nitrogens with zero attached hydrogens (tertiary/aromatic N) is 2. The Bertz CT molecular complexity index is 419. The summed E-state index contributed by atoms with van der Waals surface area (Å²) in [6.07, 6.45) is 6.26. The van der Waals surface area contributed by atoms with Crippen LogP contribution in [-0.2, 0) is 0 Å². The van der Waals surface area contributed by atoms with Crippen molar-refractivity contribution >= 4 is 11.7 Å². The number of anilines is 1. The van der Waals surface area contributed by atoms with E-state index in [-0.39, 0.29) is 5.91 Å². The quantitative estimate of drug-likeness (QED) is 0.872. The Kier molecular flexibility index (Phi) is 4.18. The highest BCUT2D eigenvalue weighted by atomic mass is 16.2. The molecule has 1 saturated heterocycles. The van der Waals surface area contributed by atoms with Crippen molar-refractivity contribution in [1.82, 2.24) is 9.88 Å². The third kappa shape index (κ3) is 3.00. The molecule has 1 atom stereocenters. The van der Waals surface area contributed by atoms with Gasteiger partial charge in [0.2, 0.25) is 0 Å². The summed E-state index contributed by atoms with van der Waals surface area (Å²) in [5.74, 6) is 1.26. The fraction of sp³-hybridized carbons (Fsp3) is 0.571. The molecule has 0 saturated carbocycles. The van der Waals surface area contributed by atoms with Crippen LogP contribution in [0.3, 0.4) is 0 Å². The fourth-order valence-electron chi connectivity index (χ4n) is 2.54. The first kappa shape index (κ1) is 12.9. The maximum atomic E-state index is 12.3. The minimum absolute atomic E-state index is 0.0841. The van der Waals surface area contributed by atoms with Gasteiger partial charge in [0.25, 0.3) is 5.91 Å². The van der Waals surface area contributed by atoms with E-state index in [1.165, 1.54) is 12.8 Å². The molecule has 0 radical (unpaired) electrons. The van der Waals surface area contributed by atoms with Crippen molar-refractivity contribution in [3.8, 4) is 0 Å². The maximum absolute atomic E-state index is 12.3. The topological polar surface area (TPSA) is 59.2 Å². The number of carbonyl (C=O) groups is 1. The number of aromatic nitrogens is 1. The first-order valence-electron chi connectivity index (χ1n) is 6.71. The van der Waals surface area contributed by atoms with Crippen LogP contribution in [0.5, 0.6) is 0 Å². The molecule has 1 fully saturated rings. The van der Waals surface area contributed by atoms with Gasteiger partial charge < -0.3 is 10.6 Å². The van der Waals surface area contributed by atoms with E-state index in [9.17, 15) is 4.79 Å². The van der Waals surface area contributed by atoms with Gasteiger partial charge in [0.05, 0.1) is 0 Å². The van der Waals surface area contributed by atoms with Crippen LogP contribution in [-0.4, -0.2) is 28.9 Å². The lowest BCUT2D eigenvalue weighted by Crippen LogP contribution is -2.32. The lowest BCUT2D eigenvalue weighted by Gasteiger charge is -2.20. The second-order valence-electron chi connectivity index (χ2n) is 4.97. The number of likely N-dealkylation sites (tertiary alicyclic amines) is 1. The van der Waals surface area contributed by atoms with Crippen LogP contribution >= 0.6 is 0 Å². The first-order valence-corrected chi connectivity index (χ1v) is 6.71.